The van der Waals surface area contributed by atoms with Crippen LogP contribution < -0.4 is 11.2 Å². The molecule has 0 atom stereocenters. The van der Waals surface area contributed by atoms with E-state index in [1.165, 1.54) is 24.4 Å². The molecule has 9 heteroatoms. The van der Waals surface area contributed by atoms with Crippen LogP contribution in [-0.4, -0.2) is 23.0 Å². The predicted molar refractivity (Wildman–Crippen MR) is 118 cm³/mol. The van der Waals surface area contributed by atoms with Crippen molar-refractivity contribution in [2.75, 3.05) is 0 Å². The molecule has 5 rings (SSSR count). The van der Waals surface area contributed by atoms with Crippen LogP contribution in [0.2, 0.25) is 0 Å². The quantitative estimate of drug-likeness (QED) is 0.423. The highest BCUT2D eigenvalue weighted by Crippen LogP contribution is 2.42. The van der Waals surface area contributed by atoms with Gasteiger partial charge in [0.1, 0.15) is 0 Å². The molecule has 1 aromatic heterocycles. The van der Waals surface area contributed by atoms with Gasteiger partial charge in [-0.1, -0.05) is 36.4 Å². The van der Waals surface area contributed by atoms with Crippen molar-refractivity contribution in [2.24, 2.45) is 10.8 Å². The van der Waals surface area contributed by atoms with Gasteiger partial charge < -0.3 is 10.7 Å². The molecule has 0 saturated heterocycles. The van der Waals surface area contributed by atoms with E-state index < -0.39 is 23.6 Å². The van der Waals surface area contributed by atoms with Crippen LogP contribution in [0.4, 0.5) is 13.2 Å². The van der Waals surface area contributed by atoms with Gasteiger partial charge in [0, 0.05) is 27.6 Å². The fourth-order valence-electron chi connectivity index (χ4n) is 4.16. The fourth-order valence-corrected chi connectivity index (χ4v) is 4.16. The third-order valence-corrected chi connectivity index (χ3v) is 5.53. The second-order valence-electron chi connectivity index (χ2n) is 7.52. The first-order valence-corrected chi connectivity index (χ1v) is 9.84. The summed E-state index contributed by atoms with van der Waals surface area (Å²) in [6, 6.07) is 15.3. The Balaban J connectivity index is 1.87. The second-order valence-corrected chi connectivity index (χ2v) is 7.52. The molecule has 1 aliphatic heterocycles. The first-order valence-electron chi connectivity index (χ1n) is 9.84. The van der Waals surface area contributed by atoms with Crippen molar-refractivity contribution in [3.63, 3.8) is 0 Å². The lowest BCUT2D eigenvalue weighted by molar-refractivity contribution is -0.137. The number of amides is 2. The topological polar surface area (TPSA) is 100 Å². The average molecular weight is 448 g/mol. The molecule has 6 nitrogen and oxygen atoms in total. The Morgan fingerprint density at radius 3 is 2.42 bits per heavy atom. The molecule has 0 bridgehead atoms. The van der Waals surface area contributed by atoms with E-state index in [0.717, 1.165) is 17.7 Å². The molecule has 1 aliphatic rings. The van der Waals surface area contributed by atoms with Crippen molar-refractivity contribution in [1.82, 2.24) is 10.4 Å². The Kier molecular flexibility index (Phi) is 4.56. The zero-order valence-corrected chi connectivity index (χ0v) is 16.8. The van der Waals surface area contributed by atoms with E-state index >= 15 is 0 Å². The standard InChI is InChI=1S/C24H15F3N4O2/c25-24(26,27)17-8-4-7-14(22(28)32)19(17)13-9-15-20-16(11-29-31-23(15)33)21(30-18(20)10-13)12-5-2-1-3-6-12/h1-11,30H,(H2,28,32)(H,31,33). The van der Waals surface area contributed by atoms with Crippen LogP contribution in [0.5, 0.6) is 0 Å². The molecule has 3 aromatic carbocycles. The summed E-state index contributed by atoms with van der Waals surface area (Å²) < 4.78 is 41.6. The van der Waals surface area contributed by atoms with Gasteiger partial charge in [-0.05, 0) is 35.4 Å². The lowest BCUT2D eigenvalue weighted by Gasteiger charge is -2.17. The molecule has 0 aliphatic carbocycles. The number of nitrogens with two attached hydrogens (primary N) is 1. The molecule has 0 spiro atoms. The lowest BCUT2D eigenvalue weighted by Crippen LogP contribution is -2.18. The number of hydrogen-bond donors (Lipinski definition) is 3. The Labute approximate surface area is 184 Å². The minimum Gasteiger partial charge on any atom is -0.366 e. The molecule has 33 heavy (non-hydrogen) atoms. The number of aromatic nitrogens is 1. The summed E-state index contributed by atoms with van der Waals surface area (Å²) in [7, 11) is 0. The van der Waals surface area contributed by atoms with Gasteiger partial charge in [-0.2, -0.15) is 18.3 Å². The SMILES string of the molecule is NC(=O)c1cccc(C(F)(F)F)c1-c1cc2c3c(c(-c4ccccc4)[nH]c3c1)C=NNC2=O. The maximum absolute atomic E-state index is 13.9. The Bertz CT molecular complexity index is 1470. The molecule has 4 aromatic rings. The number of hydrazone groups is 1. The van der Waals surface area contributed by atoms with Crippen LogP contribution in [0.25, 0.3) is 33.3 Å². The highest BCUT2D eigenvalue weighted by Gasteiger charge is 2.36. The number of nitrogens with one attached hydrogen (secondary N) is 2. The van der Waals surface area contributed by atoms with Crippen LogP contribution in [0.3, 0.4) is 0 Å². The molecule has 2 amide bonds. The van der Waals surface area contributed by atoms with Crippen molar-refractivity contribution in [3.05, 3.63) is 82.9 Å². The summed E-state index contributed by atoms with van der Waals surface area (Å²) in [6.45, 7) is 0. The number of nitrogens with zero attached hydrogens (tertiary/aromatic N) is 1. The zero-order valence-electron chi connectivity index (χ0n) is 16.8. The van der Waals surface area contributed by atoms with Gasteiger partial charge in [-0.15, -0.1) is 0 Å². The highest BCUT2D eigenvalue weighted by atomic mass is 19.4. The summed E-state index contributed by atoms with van der Waals surface area (Å²) in [5, 5.41) is 4.47. The van der Waals surface area contributed by atoms with E-state index in [9.17, 15) is 22.8 Å². The molecule has 0 unspecified atom stereocenters. The smallest absolute Gasteiger partial charge is 0.366 e. The number of carbonyl (C=O) groups is 2. The van der Waals surface area contributed by atoms with Crippen molar-refractivity contribution in [2.45, 2.75) is 6.18 Å². The Hall–Kier alpha value is -4.40. The molecule has 2 heterocycles. The summed E-state index contributed by atoms with van der Waals surface area (Å²) in [6.07, 6.45) is -3.25. The molecule has 0 fully saturated rings. The number of aromatic amines is 1. The van der Waals surface area contributed by atoms with Gasteiger partial charge in [0.05, 0.1) is 23.0 Å². The fraction of sp³-hybridized carbons (Fsp3) is 0.0417. The van der Waals surface area contributed by atoms with Crippen molar-refractivity contribution in [1.29, 1.82) is 0 Å². The number of primary amides is 1. The van der Waals surface area contributed by atoms with E-state index in [4.69, 9.17) is 5.73 Å². The third-order valence-electron chi connectivity index (χ3n) is 5.53. The molecule has 164 valence electrons. The van der Waals surface area contributed by atoms with Gasteiger partial charge in [-0.3, -0.25) is 9.59 Å². The third kappa shape index (κ3) is 3.34. The maximum atomic E-state index is 13.9. The maximum Gasteiger partial charge on any atom is 0.417 e. The Morgan fingerprint density at radius 2 is 1.73 bits per heavy atom. The van der Waals surface area contributed by atoms with E-state index in [1.807, 2.05) is 30.3 Å². The number of rotatable bonds is 3. The van der Waals surface area contributed by atoms with Crippen LogP contribution in [0.15, 0.2) is 65.8 Å². The normalized spacial score (nSPS) is 13.1. The minimum absolute atomic E-state index is 0.0312. The summed E-state index contributed by atoms with van der Waals surface area (Å²) in [5.41, 5.74) is 8.75. The molecule has 0 radical (unpaired) electrons. The molecule has 4 N–H and O–H groups in total. The van der Waals surface area contributed by atoms with Crippen molar-refractivity contribution in [3.8, 4) is 22.4 Å². The number of benzene rings is 3. The minimum atomic E-state index is -4.74. The van der Waals surface area contributed by atoms with Gasteiger partial charge in [0.25, 0.3) is 5.91 Å². The van der Waals surface area contributed by atoms with Gasteiger partial charge in [0.2, 0.25) is 5.91 Å². The van der Waals surface area contributed by atoms with Gasteiger partial charge in [0.15, 0.2) is 0 Å². The number of H-pyrrole nitrogens is 1. The van der Waals surface area contributed by atoms with Gasteiger partial charge in [-0.25, -0.2) is 5.43 Å². The number of hydrogen-bond acceptors (Lipinski definition) is 3. The number of alkyl halides is 3. The molecular weight excluding hydrogens is 433 g/mol. The van der Waals surface area contributed by atoms with E-state index in [2.05, 4.69) is 15.5 Å². The first-order chi connectivity index (χ1) is 15.8. The van der Waals surface area contributed by atoms with Crippen LogP contribution >= 0.6 is 0 Å². The van der Waals surface area contributed by atoms with Crippen LogP contribution in [-0.2, 0) is 6.18 Å². The summed E-state index contributed by atoms with van der Waals surface area (Å²) in [4.78, 5) is 28.0. The summed E-state index contributed by atoms with van der Waals surface area (Å²) >= 11 is 0. The van der Waals surface area contributed by atoms with Crippen LogP contribution in [0.1, 0.15) is 31.8 Å². The van der Waals surface area contributed by atoms with Gasteiger partial charge >= 0.3 is 6.18 Å². The number of carbonyl (C=O) groups excluding carboxylic acids is 2. The van der Waals surface area contributed by atoms with Crippen LogP contribution in [0, 0.1) is 0 Å². The predicted octanol–water partition coefficient (Wildman–Crippen LogP) is 4.70. The molecule has 0 saturated carbocycles. The van der Waals surface area contributed by atoms with E-state index in [0.29, 0.717) is 22.2 Å². The highest BCUT2D eigenvalue weighted by molar-refractivity contribution is 6.18. The monoisotopic (exact) mass is 448 g/mol. The second kappa shape index (κ2) is 7.33. The molecular formula is C24H15F3N4O2. The van der Waals surface area contributed by atoms with Crippen molar-refractivity contribution < 1.29 is 22.8 Å². The lowest BCUT2D eigenvalue weighted by atomic mass is 9.90. The number of halogens is 3. The first kappa shape index (κ1) is 20.5. The average Bonchev–Trinajstić information content (AvgIpc) is 3.07. The van der Waals surface area contributed by atoms with E-state index in [1.54, 1.807) is 0 Å². The zero-order chi connectivity index (χ0) is 23.3. The van der Waals surface area contributed by atoms with E-state index in [-0.39, 0.29) is 22.3 Å². The summed E-state index contributed by atoms with van der Waals surface area (Å²) in [5.74, 6) is -1.59. The Morgan fingerprint density at radius 1 is 0.970 bits per heavy atom. The largest absolute Gasteiger partial charge is 0.417 e. The van der Waals surface area contributed by atoms with Crippen molar-refractivity contribution >= 4 is 28.9 Å².